The summed E-state index contributed by atoms with van der Waals surface area (Å²) in [7, 11) is -0.148. The molecule has 0 saturated heterocycles. The van der Waals surface area contributed by atoms with Crippen molar-refractivity contribution in [2.45, 2.75) is 37.6 Å². The molecule has 0 amide bonds. The number of benzene rings is 3. The summed E-state index contributed by atoms with van der Waals surface area (Å²) >= 11 is 0. The van der Waals surface area contributed by atoms with Gasteiger partial charge in [0.15, 0.2) is 0 Å². The minimum absolute atomic E-state index is 0.138. The fourth-order valence-corrected chi connectivity index (χ4v) is 6.71. The number of rotatable bonds is 7. The molecular weight excluding hydrogens is 502 g/mol. The Kier molecular flexibility index (Phi) is 7.68. The lowest BCUT2D eigenvalue weighted by Crippen LogP contribution is -2.33. The molecule has 0 aromatic heterocycles. The van der Waals surface area contributed by atoms with Gasteiger partial charge in [0.05, 0.1) is 23.5 Å². The van der Waals surface area contributed by atoms with E-state index >= 15 is 0 Å². The Morgan fingerprint density at radius 3 is 2.50 bits per heavy atom. The molecule has 1 atom stereocenters. The lowest BCUT2D eigenvalue weighted by molar-refractivity contribution is -0.137. The third kappa shape index (κ3) is 5.20. The number of hydrogen-bond donors (Lipinski definition) is 3. The first-order valence-corrected chi connectivity index (χ1v) is 13.8. The minimum atomic E-state index is -3.73. The largest absolute Gasteiger partial charge is 0.481 e. The number of nitrogens with two attached hydrogens (primary N) is 2. The van der Waals surface area contributed by atoms with Gasteiger partial charge in [0.1, 0.15) is 4.90 Å². The molecule has 3 aromatic carbocycles. The molecule has 1 aliphatic heterocycles. The number of aliphatic carboxylic acids is 1. The normalized spacial score (nSPS) is 16.0. The van der Waals surface area contributed by atoms with Gasteiger partial charge in [-0.1, -0.05) is 36.4 Å². The molecule has 0 aliphatic carbocycles. The van der Waals surface area contributed by atoms with E-state index in [1.54, 1.807) is 25.2 Å². The van der Waals surface area contributed by atoms with Crippen molar-refractivity contribution in [3.63, 3.8) is 0 Å². The second-order valence-electron chi connectivity index (χ2n) is 9.89. The molecule has 9 nitrogen and oxygen atoms in total. The molecular formula is C28H35N5O4S. The minimum Gasteiger partial charge on any atom is -0.481 e. The maximum absolute atomic E-state index is 13.6. The van der Waals surface area contributed by atoms with Gasteiger partial charge in [-0.3, -0.25) is 4.79 Å². The Balaban J connectivity index is 1.75. The van der Waals surface area contributed by atoms with E-state index in [9.17, 15) is 18.3 Å². The van der Waals surface area contributed by atoms with Gasteiger partial charge < -0.3 is 20.7 Å². The lowest BCUT2D eigenvalue weighted by atomic mass is 9.84. The summed E-state index contributed by atoms with van der Waals surface area (Å²) in [5, 5.41) is 11.2. The standard InChI is InChI=1S/C28H35N5O4S/c1-18-9-10-20(23(16-27(34)35)22-11-12-25(32(4)30)28(29)19(22)2)15-21(18)17-33-14-13-31(3)24-7-5-6-8-26(24)38(33,36)37/h5-12,15,23H,13-14,16-17,29-30H2,1-4H3,(H,34,35). The average molecular weight is 538 g/mol. The van der Waals surface area contributed by atoms with Gasteiger partial charge in [0.2, 0.25) is 10.0 Å². The van der Waals surface area contributed by atoms with Crippen LogP contribution in [0.5, 0.6) is 0 Å². The van der Waals surface area contributed by atoms with Crippen LogP contribution in [0.2, 0.25) is 0 Å². The summed E-state index contributed by atoms with van der Waals surface area (Å²) in [4.78, 5) is 14.2. The van der Waals surface area contributed by atoms with Crippen molar-refractivity contribution in [3.05, 3.63) is 82.4 Å². The molecule has 1 unspecified atom stereocenters. The fourth-order valence-electron chi connectivity index (χ4n) is 5.06. The molecule has 202 valence electrons. The molecule has 3 aromatic rings. The molecule has 0 bridgehead atoms. The zero-order valence-electron chi connectivity index (χ0n) is 22.2. The second kappa shape index (κ2) is 10.6. The van der Waals surface area contributed by atoms with Crippen molar-refractivity contribution in [2.75, 3.05) is 42.8 Å². The predicted octanol–water partition coefficient (Wildman–Crippen LogP) is 3.44. The van der Waals surface area contributed by atoms with E-state index in [4.69, 9.17) is 11.6 Å². The van der Waals surface area contributed by atoms with E-state index in [1.807, 2.05) is 62.2 Å². The van der Waals surface area contributed by atoms with Crippen LogP contribution >= 0.6 is 0 Å². The van der Waals surface area contributed by atoms with Crippen LogP contribution in [0.1, 0.15) is 40.2 Å². The van der Waals surface area contributed by atoms with E-state index in [0.29, 0.717) is 30.2 Å². The van der Waals surface area contributed by atoms with Gasteiger partial charge in [-0.25, -0.2) is 14.3 Å². The van der Waals surface area contributed by atoms with Crippen molar-refractivity contribution in [1.29, 1.82) is 0 Å². The topological polar surface area (TPSA) is 133 Å². The van der Waals surface area contributed by atoms with Crippen molar-refractivity contribution in [2.24, 2.45) is 5.84 Å². The summed E-state index contributed by atoms with van der Waals surface area (Å²) in [6, 6.07) is 16.4. The van der Waals surface area contributed by atoms with Crippen LogP contribution in [0.3, 0.4) is 0 Å². The highest BCUT2D eigenvalue weighted by Gasteiger charge is 2.32. The molecule has 4 rings (SSSR count). The maximum atomic E-state index is 13.6. The Labute approximate surface area is 224 Å². The third-order valence-electron chi connectivity index (χ3n) is 7.37. The first kappa shape index (κ1) is 27.4. The van der Waals surface area contributed by atoms with Crippen molar-refractivity contribution in [1.82, 2.24) is 4.31 Å². The van der Waals surface area contributed by atoms with Gasteiger partial charge in [-0.05, 0) is 59.9 Å². The number of carboxylic acids is 1. The monoisotopic (exact) mass is 537 g/mol. The number of sulfonamides is 1. The van der Waals surface area contributed by atoms with Crippen LogP contribution in [0, 0.1) is 13.8 Å². The summed E-state index contributed by atoms with van der Waals surface area (Å²) in [6.07, 6.45) is -0.138. The van der Waals surface area contributed by atoms with Gasteiger partial charge in [-0.2, -0.15) is 4.31 Å². The van der Waals surface area contributed by atoms with Gasteiger partial charge in [-0.15, -0.1) is 0 Å². The second-order valence-corrected chi connectivity index (χ2v) is 11.8. The average Bonchev–Trinajstić information content (AvgIpc) is 2.95. The Bertz CT molecular complexity index is 1470. The molecule has 10 heteroatoms. The highest BCUT2D eigenvalue weighted by atomic mass is 32.2. The number of carbonyl (C=O) groups is 1. The number of aryl methyl sites for hydroxylation is 1. The molecule has 1 heterocycles. The number of para-hydroxylation sites is 1. The highest BCUT2D eigenvalue weighted by molar-refractivity contribution is 7.89. The number of likely N-dealkylation sites (N-methyl/N-ethyl adjacent to an activating group) is 1. The Morgan fingerprint density at radius 2 is 1.82 bits per heavy atom. The fraction of sp³-hybridized carbons (Fsp3) is 0.321. The van der Waals surface area contributed by atoms with Crippen molar-refractivity contribution in [3.8, 4) is 0 Å². The summed E-state index contributed by atoms with van der Waals surface area (Å²) < 4.78 is 28.8. The van der Waals surface area contributed by atoms with Crippen LogP contribution in [-0.2, 0) is 21.4 Å². The number of carboxylic acid groups (broad SMARTS) is 1. The van der Waals surface area contributed by atoms with E-state index in [0.717, 1.165) is 27.8 Å². The molecule has 5 N–H and O–H groups in total. The maximum Gasteiger partial charge on any atom is 0.304 e. The van der Waals surface area contributed by atoms with Crippen LogP contribution in [0.25, 0.3) is 0 Å². The molecule has 0 saturated carbocycles. The molecule has 0 radical (unpaired) electrons. The van der Waals surface area contributed by atoms with Gasteiger partial charge in [0.25, 0.3) is 0 Å². The molecule has 1 aliphatic rings. The highest BCUT2D eigenvalue weighted by Crippen LogP contribution is 2.37. The molecule has 38 heavy (non-hydrogen) atoms. The first-order chi connectivity index (χ1) is 17.9. The predicted molar refractivity (Wildman–Crippen MR) is 151 cm³/mol. The first-order valence-electron chi connectivity index (χ1n) is 12.4. The van der Waals surface area contributed by atoms with E-state index in [2.05, 4.69) is 0 Å². The number of nitrogen functional groups attached to an aromatic ring is 1. The lowest BCUT2D eigenvalue weighted by Gasteiger charge is -2.25. The third-order valence-corrected chi connectivity index (χ3v) is 9.26. The van der Waals surface area contributed by atoms with Crippen molar-refractivity contribution < 1.29 is 18.3 Å². The number of fused-ring (bicyclic) bond motifs is 1. The summed E-state index contributed by atoms with van der Waals surface area (Å²) in [5.41, 5.74) is 12.3. The zero-order chi connectivity index (χ0) is 27.8. The Hall–Kier alpha value is -3.60. The van der Waals surface area contributed by atoms with E-state index < -0.39 is 21.9 Å². The van der Waals surface area contributed by atoms with Crippen LogP contribution in [0.4, 0.5) is 17.1 Å². The van der Waals surface area contributed by atoms with Gasteiger partial charge in [0, 0.05) is 39.6 Å². The van der Waals surface area contributed by atoms with Crippen molar-refractivity contribution >= 4 is 33.1 Å². The molecule has 0 fully saturated rings. The smallest absolute Gasteiger partial charge is 0.304 e. The summed E-state index contributed by atoms with van der Waals surface area (Å²) in [5.74, 6) is 4.49. The summed E-state index contributed by atoms with van der Waals surface area (Å²) in [6.45, 7) is 4.86. The van der Waals surface area contributed by atoms with E-state index in [1.165, 1.54) is 9.31 Å². The van der Waals surface area contributed by atoms with Gasteiger partial charge >= 0.3 is 5.97 Å². The quantitative estimate of drug-likeness (QED) is 0.237. The number of anilines is 3. The van der Waals surface area contributed by atoms with Crippen LogP contribution < -0.4 is 21.5 Å². The van der Waals surface area contributed by atoms with Crippen LogP contribution in [0.15, 0.2) is 59.5 Å². The Morgan fingerprint density at radius 1 is 1.11 bits per heavy atom. The number of hydrogen-bond acceptors (Lipinski definition) is 7. The number of nitrogens with zero attached hydrogens (tertiary/aromatic N) is 3. The number of hydrazine groups is 1. The SMILES string of the molecule is Cc1ccc(C(CC(=O)O)c2ccc(N(C)N)c(N)c2C)cc1CN1CCN(C)c2ccccc2S1(=O)=O. The zero-order valence-corrected chi connectivity index (χ0v) is 23.0. The van der Waals surface area contributed by atoms with Crippen LogP contribution in [-0.4, -0.2) is 51.0 Å². The molecule has 0 spiro atoms. The van der Waals surface area contributed by atoms with E-state index in [-0.39, 0.29) is 17.9 Å².